The van der Waals surface area contributed by atoms with Crippen molar-refractivity contribution in [3.63, 3.8) is 0 Å². The topological polar surface area (TPSA) is 101 Å². The predicted octanol–water partition coefficient (Wildman–Crippen LogP) is 0.551. The van der Waals surface area contributed by atoms with Crippen LogP contribution in [0.3, 0.4) is 0 Å². The quantitative estimate of drug-likeness (QED) is 0.412. The molecule has 0 bridgehead atoms. The molecule has 0 saturated carbocycles. The highest BCUT2D eigenvalue weighted by atomic mass is 32.1. The van der Waals surface area contributed by atoms with Gasteiger partial charge in [-0.15, -0.1) is 0 Å². The standard InChI is InChI=1S/C16H12N4O3S/c21-12-7-3-2-6-11(12)10-17-19-14(22)13-15(24-16(23)18-13)20-8-4-1-5-9-20/h1-10H,(H2-,17,18,19,21,22,23). The number of aromatic amines is 1. The summed E-state index contributed by atoms with van der Waals surface area (Å²) in [5.74, 6) is -0.765. The average Bonchev–Trinajstić information content (AvgIpc) is 2.99. The van der Waals surface area contributed by atoms with Crippen molar-refractivity contribution < 1.29 is 14.5 Å². The summed E-state index contributed by atoms with van der Waals surface area (Å²) in [6.07, 6.45) is 4.72. The Hall–Kier alpha value is -3.26. The van der Waals surface area contributed by atoms with Gasteiger partial charge in [0.15, 0.2) is 18.1 Å². The molecule has 120 valence electrons. The zero-order valence-electron chi connectivity index (χ0n) is 12.3. The SMILES string of the molecule is O=C(N/N=C\c1ccccc1[O-])c1[nH]c(=O)sc1-[n+]1ccccc1. The third kappa shape index (κ3) is 3.39. The number of para-hydroxylation sites is 1. The van der Waals surface area contributed by atoms with E-state index in [1.807, 2.05) is 6.07 Å². The van der Waals surface area contributed by atoms with Gasteiger partial charge in [-0.3, -0.25) is 9.59 Å². The molecule has 0 saturated heterocycles. The number of rotatable bonds is 4. The summed E-state index contributed by atoms with van der Waals surface area (Å²) in [6, 6.07) is 11.7. The number of carbonyl (C=O) groups is 1. The van der Waals surface area contributed by atoms with E-state index < -0.39 is 5.91 Å². The van der Waals surface area contributed by atoms with Crippen LogP contribution in [0.15, 0.2) is 64.8 Å². The molecule has 0 aliphatic rings. The number of nitrogens with zero attached hydrogens (tertiary/aromatic N) is 2. The fourth-order valence-corrected chi connectivity index (χ4v) is 2.79. The van der Waals surface area contributed by atoms with Gasteiger partial charge in [0.05, 0.1) is 6.21 Å². The van der Waals surface area contributed by atoms with E-state index in [4.69, 9.17) is 0 Å². The first-order chi connectivity index (χ1) is 11.6. The molecule has 0 spiro atoms. The molecular weight excluding hydrogens is 328 g/mol. The van der Waals surface area contributed by atoms with Crippen LogP contribution in [0, 0.1) is 0 Å². The number of hydrogen-bond acceptors (Lipinski definition) is 5. The van der Waals surface area contributed by atoms with E-state index in [-0.39, 0.29) is 16.3 Å². The number of thiazole rings is 1. The van der Waals surface area contributed by atoms with Crippen molar-refractivity contribution in [2.75, 3.05) is 0 Å². The second-order valence-corrected chi connectivity index (χ2v) is 5.68. The molecule has 1 aromatic carbocycles. The first-order valence-corrected chi connectivity index (χ1v) is 7.76. The first-order valence-electron chi connectivity index (χ1n) is 6.94. The van der Waals surface area contributed by atoms with Gasteiger partial charge >= 0.3 is 9.87 Å². The van der Waals surface area contributed by atoms with E-state index in [1.54, 1.807) is 47.3 Å². The molecule has 8 heteroatoms. The van der Waals surface area contributed by atoms with Gasteiger partial charge in [0.1, 0.15) is 0 Å². The number of benzene rings is 1. The minimum Gasteiger partial charge on any atom is -0.872 e. The van der Waals surface area contributed by atoms with Gasteiger partial charge in [-0.25, -0.2) is 5.43 Å². The largest absolute Gasteiger partial charge is 0.872 e. The average molecular weight is 340 g/mol. The molecule has 0 unspecified atom stereocenters. The van der Waals surface area contributed by atoms with E-state index in [2.05, 4.69) is 15.5 Å². The predicted molar refractivity (Wildman–Crippen MR) is 87.4 cm³/mol. The molecule has 0 fully saturated rings. The number of carbonyl (C=O) groups excluding carboxylic acids is 1. The molecule has 1 amide bonds. The van der Waals surface area contributed by atoms with E-state index >= 15 is 0 Å². The van der Waals surface area contributed by atoms with Gasteiger partial charge in [0.2, 0.25) is 0 Å². The van der Waals surface area contributed by atoms with Crippen molar-refractivity contribution in [3.05, 3.63) is 75.8 Å². The highest BCUT2D eigenvalue weighted by Gasteiger charge is 2.23. The number of amides is 1. The summed E-state index contributed by atoms with van der Waals surface area (Å²) in [5.41, 5.74) is 2.77. The highest BCUT2D eigenvalue weighted by molar-refractivity contribution is 7.11. The zero-order valence-corrected chi connectivity index (χ0v) is 13.1. The third-order valence-corrected chi connectivity index (χ3v) is 3.99. The normalized spacial score (nSPS) is 10.8. The summed E-state index contributed by atoms with van der Waals surface area (Å²) >= 11 is 0.917. The van der Waals surface area contributed by atoms with Gasteiger partial charge in [-0.05, 0) is 16.9 Å². The van der Waals surface area contributed by atoms with Crippen LogP contribution in [0.4, 0.5) is 0 Å². The number of hydrogen-bond donors (Lipinski definition) is 2. The Balaban J connectivity index is 1.81. The molecule has 3 aromatic rings. The molecule has 2 N–H and O–H groups in total. The summed E-state index contributed by atoms with van der Waals surface area (Å²) in [7, 11) is 0. The van der Waals surface area contributed by atoms with E-state index in [1.165, 1.54) is 12.3 Å². The molecule has 7 nitrogen and oxygen atoms in total. The van der Waals surface area contributed by atoms with Crippen LogP contribution in [-0.4, -0.2) is 17.1 Å². The summed E-state index contributed by atoms with van der Waals surface area (Å²) in [6.45, 7) is 0. The fraction of sp³-hybridized carbons (Fsp3) is 0. The van der Waals surface area contributed by atoms with E-state index in [0.29, 0.717) is 10.6 Å². The summed E-state index contributed by atoms with van der Waals surface area (Å²) in [5, 5.41) is 15.8. The Kier molecular flexibility index (Phi) is 4.48. The molecule has 0 aliphatic carbocycles. The van der Waals surface area contributed by atoms with Crippen LogP contribution in [0.5, 0.6) is 5.75 Å². The number of nitrogens with one attached hydrogen (secondary N) is 2. The minimum absolute atomic E-state index is 0.105. The third-order valence-electron chi connectivity index (χ3n) is 3.10. The zero-order chi connectivity index (χ0) is 16.9. The van der Waals surface area contributed by atoms with E-state index in [0.717, 1.165) is 11.3 Å². The van der Waals surface area contributed by atoms with Crippen molar-refractivity contribution in [1.82, 2.24) is 10.4 Å². The van der Waals surface area contributed by atoms with Crippen molar-refractivity contribution in [2.24, 2.45) is 5.10 Å². The number of pyridine rings is 1. The lowest BCUT2D eigenvalue weighted by Crippen LogP contribution is -2.32. The van der Waals surface area contributed by atoms with Crippen LogP contribution in [0.1, 0.15) is 16.1 Å². The Morgan fingerprint density at radius 2 is 1.96 bits per heavy atom. The smallest absolute Gasteiger partial charge is 0.311 e. The second-order valence-electron chi connectivity index (χ2n) is 4.71. The molecule has 0 radical (unpaired) electrons. The molecule has 0 atom stereocenters. The molecule has 3 rings (SSSR count). The Labute approximate surface area is 140 Å². The van der Waals surface area contributed by atoms with Gasteiger partial charge in [0, 0.05) is 12.1 Å². The molecule has 0 aliphatic heterocycles. The Bertz CT molecular complexity index is 947. The van der Waals surface area contributed by atoms with Crippen molar-refractivity contribution >= 4 is 23.5 Å². The Morgan fingerprint density at radius 3 is 2.71 bits per heavy atom. The lowest BCUT2D eigenvalue weighted by molar-refractivity contribution is -0.591. The Morgan fingerprint density at radius 1 is 1.21 bits per heavy atom. The van der Waals surface area contributed by atoms with E-state index in [9.17, 15) is 14.7 Å². The number of aromatic nitrogens is 2. The minimum atomic E-state index is -0.570. The van der Waals surface area contributed by atoms with Crippen LogP contribution in [-0.2, 0) is 0 Å². The van der Waals surface area contributed by atoms with Gasteiger partial charge < -0.3 is 10.1 Å². The monoisotopic (exact) mass is 340 g/mol. The summed E-state index contributed by atoms with van der Waals surface area (Å²) < 4.78 is 1.66. The van der Waals surface area contributed by atoms with Crippen LogP contribution < -0.4 is 20.0 Å². The van der Waals surface area contributed by atoms with Crippen molar-refractivity contribution in [2.45, 2.75) is 0 Å². The second kappa shape index (κ2) is 6.88. The summed E-state index contributed by atoms with van der Waals surface area (Å²) in [4.78, 5) is 26.0. The van der Waals surface area contributed by atoms with Crippen LogP contribution >= 0.6 is 11.3 Å². The molecular formula is C16H12N4O3S. The van der Waals surface area contributed by atoms with Crippen LogP contribution in [0.2, 0.25) is 0 Å². The number of hydrazone groups is 1. The lowest BCUT2D eigenvalue weighted by atomic mass is 10.2. The number of H-pyrrole nitrogens is 1. The maximum atomic E-state index is 12.2. The van der Waals surface area contributed by atoms with Gasteiger partial charge in [0.25, 0.3) is 5.91 Å². The van der Waals surface area contributed by atoms with Gasteiger partial charge in [-0.1, -0.05) is 36.1 Å². The maximum absolute atomic E-state index is 12.2. The molecule has 2 aromatic heterocycles. The van der Waals surface area contributed by atoms with Crippen molar-refractivity contribution in [1.29, 1.82) is 0 Å². The highest BCUT2D eigenvalue weighted by Crippen LogP contribution is 2.10. The molecule has 24 heavy (non-hydrogen) atoms. The maximum Gasteiger partial charge on any atom is 0.311 e. The first kappa shape index (κ1) is 15.6. The fourth-order valence-electron chi connectivity index (χ4n) is 1.99. The van der Waals surface area contributed by atoms with Crippen LogP contribution in [0.25, 0.3) is 5.00 Å². The lowest BCUT2D eigenvalue weighted by Gasteiger charge is -2.07. The van der Waals surface area contributed by atoms with Gasteiger partial charge in [-0.2, -0.15) is 9.67 Å². The van der Waals surface area contributed by atoms with Crippen molar-refractivity contribution in [3.8, 4) is 10.8 Å². The molecule has 2 heterocycles.